The summed E-state index contributed by atoms with van der Waals surface area (Å²) in [6.45, 7) is 2.08. The van der Waals surface area contributed by atoms with E-state index < -0.39 is 18.8 Å². The summed E-state index contributed by atoms with van der Waals surface area (Å²) < 4.78 is 49.5. The van der Waals surface area contributed by atoms with E-state index in [-0.39, 0.29) is 19.0 Å². The van der Waals surface area contributed by atoms with E-state index in [4.69, 9.17) is 39.3 Å². The van der Waals surface area contributed by atoms with Crippen molar-refractivity contribution in [3.8, 4) is 11.4 Å². The summed E-state index contributed by atoms with van der Waals surface area (Å²) in [6, 6.07) is 11.1. The second-order valence-electron chi connectivity index (χ2n) is 6.01. The first-order chi connectivity index (χ1) is 14.1. The Morgan fingerprint density at radius 1 is 1.20 bits per heavy atom. The fraction of sp³-hybridized carbons (Fsp3) is 0.222. The quantitative estimate of drug-likeness (QED) is 0.306. The lowest BCUT2D eigenvalue weighted by molar-refractivity contribution is 0.0551. The number of halogens is 5. The maximum absolute atomic E-state index is 13.4. The van der Waals surface area contributed by atoms with Crippen LogP contribution in [0.1, 0.15) is 18.4 Å². The lowest BCUT2D eigenvalue weighted by Crippen LogP contribution is -2.21. The van der Waals surface area contributed by atoms with E-state index in [1.165, 1.54) is 24.3 Å². The van der Waals surface area contributed by atoms with Crippen LogP contribution in [-0.2, 0) is 21.0 Å². The summed E-state index contributed by atoms with van der Waals surface area (Å²) in [5, 5.41) is 3.92. The average Bonchev–Trinajstić information content (AvgIpc) is 3.18. The zero-order valence-electron chi connectivity index (χ0n) is 15.4. The molecule has 0 saturated carbocycles. The summed E-state index contributed by atoms with van der Waals surface area (Å²) in [5.41, 5.74) is 1.07. The van der Waals surface area contributed by atoms with Crippen molar-refractivity contribution in [1.82, 2.24) is 15.2 Å². The third-order valence-electron chi connectivity index (χ3n) is 3.94. The minimum atomic E-state index is -3.76. The van der Waals surface area contributed by atoms with E-state index in [1.807, 2.05) is 0 Å². The highest BCUT2D eigenvalue weighted by Crippen LogP contribution is 2.42. The Kier molecular flexibility index (Phi) is 7.17. The van der Waals surface area contributed by atoms with Gasteiger partial charge in [0.1, 0.15) is 0 Å². The minimum Gasteiger partial charge on any atom is -0.331 e. The molecule has 1 atom stereocenters. The summed E-state index contributed by atoms with van der Waals surface area (Å²) >= 11 is 16.9. The van der Waals surface area contributed by atoms with Gasteiger partial charge in [0.25, 0.3) is 7.52 Å². The molecule has 160 valence electrons. The van der Waals surface area contributed by atoms with Crippen LogP contribution in [0.25, 0.3) is 11.4 Å². The largest absolute Gasteiger partial charge is 0.400 e. The molecule has 0 fully saturated rings. The highest BCUT2D eigenvalue weighted by molar-refractivity contribution is 7.65. The highest BCUT2D eigenvalue weighted by atomic mass is 35.5. The van der Waals surface area contributed by atoms with Gasteiger partial charge in [-0.2, -0.15) is 13.8 Å². The fourth-order valence-corrected chi connectivity index (χ4v) is 4.77. The molecule has 12 heteroatoms. The van der Waals surface area contributed by atoms with Gasteiger partial charge in [0.15, 0.2) is 0 Å². The third-order valence-corrected chi connectivity index (χ3v) is 6.86. The van der Waals surface area contributed by atoms with Crippen LogP contribution in [0, 0.1) is 0 Å². The second-order valence-corrected chi connectivity index (χ2v) is 9.52. The van der Waals surface area contributed by atoms with Crippen LogP contribution < -0.4 is 10.4 Å². The number of nitrogens with one attached hydrogen (secondary N) is 1. The number of nitrogens with zero attached hydrogens (tertiary/aromatic N) is 2. The van der Waals surface area contributed by atoms with Crippen molar-refractivity contribution in [1.29, 1.82) is 0 Å². The van der Waals surface area contributed by atoms with Crippen LogP contribution in [0.2, 0.25) is 10.0 Å². The number of benzene rings is 2. The molecule has 0 saturated heterocycles. The minimum absolute atomic E-state index is 0.0796. The number of aromatic nitrogens is 2. The number of rotatable bonds is 8. The number of hydrogen-bond donors (Lipinski definition) is 1. The molecule has 1 aromatic heterocycles. The maximum Gasteiger partial charge on any atom is 0.400 e. The Hall–Kier alpha value is -1.54. The normalized spacial score (nSPS) is 13.9. The molecule has 6 nitrogen and oxygen atoms in total. The summed E-state index contributed by atoms with van der Waals surface area (Å²) in [5.74, 6) is -1.09. The third kappa shape index (κ3) is 5.38. The van der Waals surface area contributed by atoms with Gasteiger partial charge < -0.3 is 9.05 Å². The Morgan fingerprint density at radius 3 is 2.47 bits per heavy atom. The van der Waals surface area contributed by atoms with Gasteiger partial charge in [-0.3, -0.25) is 4.57 Å². The molecule has 0 spiro atoms. The van der Waals surface area contributed by atoms with Crippen molar-refractivity contribution in [2.75, 3.05) is 6.61 Å². The predicted octanol–water partition coefficient (Wildman–Crippen LogP) is 5.98. The second kappa shape index (κ2) is 9.30. The first kappa shape index (κ1) is 23.1. The number of alkyl halides is 3. The van der Waals surface area contributed by atoms with Gasteiger partial charge in [0.05, 0.1) is 11.9 Å². The Bertz CT molecular complexity index is 1070. The van der Waals surface area contributed by atoms with Crippen molar-refractivity contribution in [3.05, 3.63) is 64.0 Å². The molecule has 0 amide bonds. The van der Waals surface area contributed by atoms with Crippen molar-refractivity contribution >= 4 is 47.6 Å². The van der Waals surface area contributed by atoms with Gasteiger partial charge >= 0.3 is 11.3 Å². The van der Waals surface area contributed by atoms with Gasteiger partial charge in [0.2, 0.25) is 5.82 Å². The molecule has 1 heterocycles. The number of hydrogen-bond acceptors (Lipinski definition) is 5. The zero-order valence-corrected chi connectivity index (χ0v) is 18.6. The Morgan fingerprint density at radius 2 is 1.90 bits per heavy atom. The summed E-state index contributed by atoms with van der Waals surface area (Å²) in [7, 11) is -3.45. The van der Waals surface area contributed by atoms with Gasteiger partial charge in [-0.1, -0.05) is 46.6 Å². The van der Waals surface area contributed by atoms with Crippen LogP contribution in [0.3, 0.4) is 0 Å². The molecule has 3 aromatic rings. The molecule has 0 aliphatic carbocycles. The standard InChI is InChI=1S/C18H15Cl3F2N3O3P/c1-2-28-30(27,24-10-12-3-6-13(19)9-15(12)20)14-7-4-11(5-8-14)16-25-17(29-26-16)18(21,22)23/h3-9H,2,10H2,1H3,(H,24,27). The lowest BCUT2D eigenvalue weighted by atomic mass is 10.2. The van der Waals surface area contributed by atoms with Gasteiger partial charge in [-0.15, -0.1) is 0 Å². The van der Waals surface area contributed by atoms with Gasteiger partial charge in [0, 0.05) is 22.2 Å². The van der Waals surface area contributed by atoms with Crippen LogP contribution in [0.5, 0.6) is 0 Å². The average molecular weight is 497 g/mol. The molecule has 0 aliphatic rings. The van der Waals surface area contributed by atoms with Crippen molar-refractivity contribution < 1.29 is 22.4 Å². The molecule has 2 aromatic carbocycles. The first-order valence-corrected chi connectivity index (χ1v) is 11.3. The van der Waals surface area contributed by atoms with Crippen LogP contribution in [-0.4, -0.2) is 16.7 Å². The smallest absolute Gasteiger partial charge is 0.331 e. The monoisotopic (exact) mass is 495 g/mol. The summed E-state index contributed by atoms with van der Waals surface area (Å²) in [4.78, 5) is 3.57. The zero-order chi connectivity index (χ0) is 21.9. The highest BCUT2D eigenvalue weighted by Gasteiger charge is 2.35. The van der Waals surface area contributed by atoms with Gasteiger partial charge in [-0.05, 0) is 48.4 Å². The van der Waals surface area contributed by atoms with Crippen LogP contribution in [0.4, 0.5) is 8.78 Å². The molecule has 30 heavy (non-hydrogen) atoms. The maximum atomic E-state index is 13.4. The molecular weight excluding hydrogens is 482 g/mol. The van der Waals surface area contributed by atoms with E-state index in [2.05, 4.69) is 19.8 Å². The summed E-state index contributed by atoms with van der Waals surface area (Å²) in [6.07, 6.45) is 0. The van der Waals surface area contributed by atoms with E-state index >= 15 is 0 Å². The molecule has 0 aliphatic heterocycles. The van der Waals surface area contributed by atoms with E-state index in [1.54, 1.807) is 25.1 Å². The lowest BCUT2D eigenvalue weighted by Gasteiger charge is -2.20. The van der Waals surface area contributed by atoms with Crippen LogP contribution >= 0.6 is 42.3 Å². The van der Waals surface area contributed by atoms with Gasteiger partial charge in [-0.25, -0.2) is 5.09 Å². The van der Waals surface area contributed by atoms with Crippen molar-refractivity contribution in [2.24, 2.45) is 0 Å². The van der Waals surface area contributed by atoms with Crippen molar-refractivity contribution in [2.45, 2.75) is 18.9 Å². The SMILES string of the molecule is CCOP(=O)(NCc1ccc(Cl)cc1Cl)c1ccc(-c2noc(C(F)(F)Cl)n2)cc1. The van der Waals surface area contributed by atoms with E-state index in [0.29, 0.717) is 26.5 Å². The van der Waals surface area contributed by atoms with E-state index in [0.717, 1.165) is 0 Å². The molecule has 0 radical (unpaired) electrons. The molecule has 1 unspecified atom stereocenters. The Balaban J connectivity index is 1.81. The first-order valence-electron chi connectivity index (χ1n) is 8.58. The molecule has 3 rings (SSSR count). The predicted molar refractivity (Wildman–Crippen MR) is 112 cm³/mol. The van der Waals surface area contributed by atoms with E-state index in [9.17, 15) is 13.3 Å². The topological polar surface area (TPSA) is 77.2 Å². The fourth-order valence-electron chi connectivity index (χ4n) is 2.51. The molecular formula is C18H15Cl3F2N3O3P. The molecule has 1 N–H and O–H groups in total. The van der Waals surface area contributed by atoms with Crippen molar-refractivity contribution in [3.63, 3.8) is 0 Å². The van der Waals surface area contributed by atoms with Crippen LogP contribution in [0.15, 0.2) is 47.0 Å². The Labute approximate surface area is 186 Å². The molecule has 0 bridgehead atoms.